The first-order valence-corrected chi connectivity index (χ1v) is 8.50. The van der Waals surface area contributed by atoms with Crippen LogP contribution in [0.15, 0.2) is 29.2 Å². The molecule has 8 heteroatoms. The third-order valence-electron chi connectivity index (χ3n) is 3.67. The van der Waals surface area contributed by atoms with Gasteiger partial charge in [-0.25, -0.2) is 13.2 Å². The average molecular weight is 327 g/mol. The van der Waals surface area contributed by atoms with E-state index in [4.69, 9.17) is 4.74 Å². The molecule has 7 nitrogen and oxygen atoms in total. The third-order valence-corrected chi connectivity index (χ3v) is 4.80. The summed E-state index contributed by atoms with van der Waals surface area (Å²) in [5, 5.41) is 9.21. The van der Waals surface area contributed by atoms with E-state index in [1.807, 2.05) is 0 Å². The summed E-state index contributed by atoms with van der Waals surface area (Å²) >= 11 is 0. The van der Waals surface area contributed by atoms with Crippen molar-refractivity contribution in [2.24, 2.45) is 0 Å². The first kappa shape index (κ1) is 16.4. The van der Waals surface area contributed by atoms with Crippen LogP contribution < -0.4 is 0 Å². The molecule has 1 aliphatic rings. The highest BCUT2D eigenvalue weighted by atomic mass is 32.2. The number of hydrogen-bond donors (Lipinski definition) is 1. The highest BCUT2D eigenvalue weighted by Crippen LogP contribution is 2.23. The van der Waals surface area contributed by atoms with Crippen LogP contribution in [0.25, 0.3) is 0 Å². The second kappa shape index (κ2) is 6.05. The van der Waals surface area contributed by atoms with E-state index < -0.39 is 27.8 Å². The van der Waals surface area contributed by atoms with E-state index in [-0.39, 0.29) is 29.5 Å². The number of carbonyl (C=O) groups is 2. The number of likely N-dealkylation sites (tertiary alicyclic amines) is 1. The summed E-state index contributed by atoms with van der Waals surface area (Å²) in [5.74, 6) is -1.53. The van der Waals surface area contributed by atoms with Gasteiger partial charge >= 0.3 is 5.97 Å². The van der Waals surface area contributed by atoms with Crippen LogP contribution in [0.3, 0.4) is 0 Å². The van der Waals surface area contributed by atoms with E-state index in [9.17, 15) is 23.1 Å². The number of ether oxygens (including phenoxy) is 1. The van der Waals surface area contributed by atoms with E-state index in [0.717, 1.165) is 6.26 Å². The molecule has 1 amide bonds. The van der Waals surface area contributed by atoms with Gasteiger partial charge < -0.3 is 14.7 Å². The number of carboxylic acids is 1. The Hall–Kier alpha value is -1.93. The Morgan fingerprint density at radius 1 is 1.27 bits per heavy atom. The van der Waals surface area contributed by atoms with Gasteiger partial charge in [-0.05, 0) is 24.3 Å². The molecule has 0 spiro atoms. The number of aliphatic carboxylic acids is 1. The van der Waals surface area contributed by atoms with E-state index in [1.54, 1.807) is 0 Å². The predicted octanol–water partition coefficient (Wildman–Crippen LogP) is 0.404. The van der Waals surface area contributed by atoms with Gasteiger partial charge in [0.1, 0.15) is 6.04 Å². The molecule has 120 valence electrons. The summed E-state index contributed by atoms with van der Waals surface area (Å²) < 4.78 is 27.9. The van der Waals surface area contributed by atoms with E-state index in [0.29, 0.717) is 0 Å². The zero-order valence-electron chi connectivity index (χ0n) is 12.2. The number of amides is 1. The van der Waals surface area contributed by atoms with Gasteiger partial charge in [0, 0.05) is 31.9 Å². The van der Waals surface area contributed by atoms with Crippen molar-refractivity contribution in [2.75, 3.05) is 19.9 Å². The van der Waals surface area contributed by atoms with Gasteiger partial charge in [0.05, 0.1) is 11.0 Å². The zero-order chi connectivity index (χ0) is 16.5. The highest BCUT2D eigenvalue weighted by Gasteiger charge is 2.40. The molecule has 1 aliphatic heterocycles. The number of carbonyl (C=O) groups excluding carboxylic acids is 1. The van der Waals surface area contributed by atoms with Crippen molar-refractivity contribution < 1.29 is 27.9 Å². The summed E-state index contributed by atoms with van der Waals surface area (Å²) in [6.45, 7) is 0.195. The summed E-state index contributed by atoms with van der Waals surface area (Å²) in [4.78, 5) is 25.1. The molecule has 1 N–H and O–H groups in total. The minimum absolute atomic E-state index is 0.107. The van der Waals surface area contributed by atoms with E-state index in [1.165, 1.54) is 36.3 Å². The maximum absolute atomic E-state index is 12.4. The largest absolute Gasteiger partial charge is 0.480 e. The minimum Gasteiger partial charge on any atom is -0.480 e. The second-order valence-corrected chi connectivity index (χ2v) is 7.22. The predicted molar refractivity (Wildman–Crippen MR) is 77.4 cm³/mol. The van der Waals surface area contributed by atoms with Crippen LogP contribution in [0, 0.1) is 0 Å². The van der Waals surface area contributed by atoms with Crippen LogP contribution in [0.5, 0.6) is 0 Å². The molecule has 0 bridgehead atoms. The van der Waals surface area contributed by atoms with E-state index >= 15 is 0 Å². The van der Waals surface area contributed by atoms with Crippen LogP contribution in [0.2, 0.25) is 0 Å². The van der Waals surface area contributed by atoms with Gasteiger partial charge in [-0.2, -0.15) is 0 Å². The fraction of sp³-hybridized carbons (Fsp3) is 0.429. The van der Waals surface area contributed by atoms with Crippen molar-refractivity contribution in [3.05, 3.63) is 29.8 Å². The quantitative estimate of drug-likeness (QED) is 0.859. The van der Waals surface area contributed by atoms with Crippen molar-refractivity contribution in [2.45, 2.75) is 23.5 Å². The molecule has 2 atom stereocenters. The molecule has 1 aromatic rings. The number of nitrogens with zero attached hydrogens (tertiary/aromatic N) is 1. The number of rotatable bonds is 4. The van der Waals surface area contributed by atoms with Crippen LogP contribution >= 0.6 is 0 Å². The van der Waals surface area contributed by atoms with Crippen molar-refractivity contribution in [3.8, 4) is 0 Å². The van der Waals surface area contributed by atoms with Crippen molar-refractivity contribution in [1.82, 2.24) is 4.90 Å². The fourth-order valence-corrected chi connectivity index (χ4v) is 3.07. The molecule has 1 saturated heterocycles. The SMILES string of the molecule is COC1CC(C(=O)O)N(C(=O)c2ccc(S(C)(=O)=O)cc2)C1. The zero-order valence-corrected chi connectivity index (χ0v) is 13.0. The van der Waals surface area contributed by atoms with Crippen LogP contribution in [0.1, 0.15) is 16.8 Å². The fourth-order valence-electron chi connectivity index (χ4n) is 2.44. The molecule has 0 aromatic heterocycles. The second-order valence-electron chi connectivity index (χ2n) is 5.20. The number of carboxylic acid groups (broad SMARTS) is 1. The number of hydrogen-bond acceptors (Lipinski definition) is 5. The summed E-state index contributed by atoms with van der Waals surface area (Å²) in [6.07, 6.45) is 0.993. The molecule has 2 rings (SSSR count). The Bertz CT molecular complexity index is 682. The van der Waals surface area contributed by atoms with E-state index in [2.05, 4.69) is 0 Å². The summed E-state index contributed by atoms with van der Waals surface area (Å²) in [7, 11) is -1.87. The Labute approximate surface area is 128 Å². The lowest BCUT2D eigenvalue weighted by Gasteiger charge is -2.21. The Kier molecular flexibility index (Phi) is 4.52. The van der Waals surface area contributed by atoms with Crippen LogP contribution in [-0.2, 0) is 19.4 Å². The normalized spacial score (nSPS) is 21.8. The number of methoxy groups -OCH3 is 1. The van der Waals surface area contributed by atoms with Gasteiger partial charge in [-0.3, -0.25) is 4.79 Å². The summed E-state index contributed by atoms with van der Waals surface area (Å²) in [5.41, 5.74) is 0.246. The van der Waals surface area contributed by atoms with Crippen LogP contribution in [0.4, 0.5) is 0 Å². The first-order chi connectivity index (χ1) is 10.2. The molecule has 2 unspecified atom stereocenters. The minimum atomic E-state index is -3.34. The Balaban J connectivity index is 2.25. The summed E-state index contributed by atoms with van der Waals surface area (Å²) in [6, 6.07) is 4.51. The lowest BCUT2D eigenvalue weighted by atomic mass is 10.1. The molecule has 1 fully saturated rings. The van der Waals surface area contributed by atoms with Gasteiger partial charge in [0.15, 0.2) is 9.84 Å². The molecular weight excluding hydrogens is 310 g/mol. The van der Waals surface area contributed by atoms with Crippen LogP contribution in [-0.4, -0.2) is 62.4 Å². The molecule has 1 heterocycles. The molecule has 0 saturated carbocycles. The Morgan fingerprint density at radius 2 is 1.86 bits per heavy atom. The maximum atomic E-state index is 12.4. The highest BCUT2D eigenvalue weighted by molar-refractivity contribution is 7.90. The molecule has 0 aliphatic carbocycles. The topological polar surface area (TPSA) is 101 Å². The number of sulfone groups is 1. The van der Waals surface area contributed by atoms with Gasteiger partial charge in [0.2, 0.25) is 0 Å². The molecule has 0 radical (unpaired) electrons. The monoisotopic (exact) mass is 327 g/mol. The van der Waals surface area contributed by atoms with Crippen molar-refractivity contribution >= 4 is 21.7 Å². The molecule has 1 aromatic carbocycles. The Morgan fingerprint density at radius 3 is 2.32 bits per heavy atom. The lowest BCUT2D eigenvalue weighted by Crippen LogP contribution is -2.40. The first-order valence-electron chi connectivity index (χ1n) is 6.60. The third kappa shape index (κ3) is 3.28. The molecular formula is C14H17NO6S. The van der Waals surface area contributed by atoms with Crippen molar-refractivity contribution in [3.63, 3.8) is 0 Å². The van der Waals surface area contributed by atoms with Gasteiger partial charge in [0.25, 0.3) is 5.91 Å². The average Bonchev–Trinajstić information content (AvgIpc) is 2.90. The molecule has 22 heavy (non-hydrogen) atoms. The standard InChI is InChI=1S/C14H17NO6S/c1-21-10-7-12(14(17)18)15(8-10)13(16)9-3-5-11(6-4-9)22(2,19)20/h3-6,10,12H,7-8H2,1-2H3,(H,17,18). The lowest BCUT2D eigenvalue weighted by molar-refractivity contribution is -0.141. The van der Waals surface area contributed by atoms with Gasteiger partial charge in [-0.1, -0.05) is 0 Å². The maximum Gasteiger partial charge on any atom is 0.326 e. The number of benzene rings is 1. The smallest absolute Gasteiger partial charge is 0.326 e. The van der Waals surface area contributed by atoms with Crippen molar-refractivity contribution in [1.29, 1.82) is 0 Å². The van der Waals surface area contributed by atoms with Gasteiger partial charge in [-0.15, -0.1) is 0 Å².